The van der Waals surface area contributed by atoms with Gasteiger partial charge in [-0.05, 0) is 38.0 Å². The topological polar surface area (TPSA) is 33.6 Å². The van der Waals surface area contributed by atoms with Gasteiger partial charge in [0.25, 0.3) is 0 Å². The van der Waals surface area contributed by atoms with Crippen molar-refractivity contribution in [2.45, 2.75) is 47.1 Å². The smallest absolute Gasteiger partial charge is 0.211 e. The standard InChI is InChI=1S/C11H25N2OPS2/c1-6-7-12-9-13-15(16,14-11(4)5)17-8-10(2)3/h9-11H,6-8H2,1-5H3,(H,12,13,16). The lowest BCUT2D eigenvalue weighted by Crippen LogP contribution is -2.13. The lowest BCUT2D eigenvalue weighted by molar-refractivity contribution is 0.274. The van der Waals surface area contributed by atoms with Gasteiger partial charge in [0, 0.05) is 12.3 Å². The molecule has 1 N–H and O–H groups in total. The molecule has 0 rings (SSSR count). The quantitative estimate of drug-likeness (QED) is 0.395. The molecule has 1 atom stereocenters. The van der Waals surface area contributed by atoms with Gasteiger partial charge >= 0.3 is 0 Å². The first-order chi connectivity index (χ1) is 7.89. The van der Waals surface area contributed by atoms with Crippen molar-refractivity contribution < 1.29 is 4.52 Å². The molecule has 0 amide bonds. The molecule has 0 heterocycles. The van der Waals surface area contributed by atoms with Crippen LogP contribution in [0.15, 0.2) is 4.99 Å². The highest BCUT2D eigenvalue weighted by molar-refractivity contribution is 8.68. The van der Waals surface area contributed by atoms with Crippen LogP contribution in [0.1, 0.15) is 41.0 Å². The van der Waals surface area contributed by atoms with Crippen LogP contribution >= 0.6 is 17.0 Å². The Kier molecular flexibility index (Phi) is 9.61. The monoisotopic (exact) mass is 296 g/mol. The van der Waals surface area contributed by atoms with E-state index in [4.69, 9.17) is 16.3 Å². The van der Waals surface area contributed by atoms with Gasteiger partial charge in [-0.25, -0.2) is 0 Å². The number of rotatable bonds is 9. The fourth-order valence-corrected chi connectivity index (χ4v) is 6.15. The zero-order valence-corrected chi connectivity index (χ0v) is 14.0. The first-order valence-corrected chi connectivity index (χ1v) is 10.4. The maximum absolute atomic E-state index is 5.85. The highest BCUT2D eigenvalue weighted by atomic mass is 32.9. The molecule has 0 aromatic heterocycles. The van der Waals surface area contributed by atoms with Gasteiger partial charge in [-0.1, -0.05) is 32.2 Å². The van der Waals surface area contributed by atoms with Crippen LogP contribution in [0.4, 0.5) is 0 Å². The average molecular weight is 296 g/mol. The lowest BCUT2D eigenvalue weighted by Gasteiger charge is -2.24. The second-order valence-electron chi connectivity index (χ2n) is 4.51. The molecule has 6 heteroatoms. The molecule has 0 radical (unpaired) electrons. The number of hydrogen-bond donors (Lipinski definition) is 1. The van der Waals surface area contributed by atoms with Gasteiger partial charge in [-0.2, -0.15) is 0 Å². The second kappa shape index (κ2) is 9.37. The van der Waals surface area contributed by atoms with Crippen molar-refractivity contribution in [3.63, 3.8) is 0 Å². The molecule has 0 aliphatic heterocycles. The zero-order valence-electron chi connectivity index (χ0n) is 11.5. The SMILES string of the molecule is CCCN=CNP(=S)(OC(C)C)SCC(C)C. The first-order valence-electron chi connectivity index (χ1n) is 6.08. The van der Waals surface area contributed by atoms with Crippen molar-refractivity contribution in [2.24, 2.45) is 10.9 Å². The van der Waals surface area contributed by atoms with Crippen LogP contribution in [0.5, 0.6) is 0 Å². The third kappa shape index (κ3) is 10.1. The summed E-state index contributed by atoms with van der Waals surface area (Å²) in [5.41, 5.74) is -2.02. The lowest BCUT2D eigenvalue weighted by atomic mass is 10.3. The molecule has 0 aliphatic rings. The van der Waals surface area contributed by atoms with E-state index in [1.165, 1.54) is 0 Å². The van der Waals surface area contributed by atoms with Crippen LogP contribution in [-0.4, -0.2) is 24.7 Å². The van der Waals surface area contributed by atoms with Crippen molar-refractivity contribution in [3.05, 3.63) is 0 Å². The van der Waals surface area contributed by atoms with E-state index in [1.807, 2.05) is 13.8 Å². The summed E-state index contributed by atoms with van der Waals surface area (Å²) in [6.07, 6.45) is 2.91. The summed E-state index contributed by atoms with van der Waals surface area (Å²) in [6, 6.07) is 0. The van der Waals surface area contributed by atoms with Crippen LogP contribution in [-0.2, 0) is 16.3 Å². The van der Waals surface area contributed by atoms with Crippen LogP contribution < -0.4 is 5.09 Å². The van der Waals surface area contributed by atoms with E-state index in [1.54, 1.807) is 17.7 Å². The maximum atomic E-state index is 5.85. The molecule has 102 valence electrons. The molecule has 0 aromatic rings. The van der Waals surface area contributed by atoms with Crippen molar-refractivity contribution in [1.29, 1.82) is 0 Å². The Labute approximate surface area is 115 Å². The van der Waals surface area contributed by atoms with E-state index in [0.29, 0.717) is 5.92 Å². The number of nitrogens with zero attached hydrogens (tertiary/aromatic N) is 1. The minimum Gasteiger partial charge on any atom is -0.324 e. The Morgan fingerprint density at radius 1 is 1.41 bits per heavy atom. The minimum atomic E-state index is -2.02. The van der Waals surface area contributed by atoms with E-state index in [-0.39, 0.29) is 6.10 Å². The fraction of sp³-hybridized carbons (Fsp3) is 0.909. The largest absolute Gasteiger partial charge is 0.324 e. The Morgan fingerprint density at radius 2 is 2.06 bits per heavy atom. The summed E-state index contributed by atoms with van der Waals surface area (Å²) in [6.45, 7) is 11.3. The molecule has 0 bridgehead atoms. The summed E-state index contributed by atoms with van der Waals surface area (Å²) in [5, 5.41) is 3.19. The van der Waals surface area contributed by atoms with Crippen LogP contribution in [0, 0.1) is 5.92 Å². The van der Waals surface area contributed by atoms with Gasteiger partial charge in [-0.15, -0.1) is 0 Å². The Hall–Kier alpha value is 0.430. The van der Waals surface area contributed by atoms with E-state index < -0.39 is 5.62 Å². The van der Waals surface area contributed by atoms with Crippen LogP contribution in [0.25, 0.3) is 0 Å². The molecule has 0 spiro atoms. The van der Waals surface area contributed by atoms with Crippen molar-refractivity contribution in [1.82, 2.24) is 5.09 Å². The first kappa shape index (κ1) is 17.4. The molecule has 3 nitrogen and oxygen atoms in total. The third-order valence-electron chi connectivity index (χ3n) is 1.59. The van der Waals surface area contributed by atoms with Gasteiger partial charge in [-0.3, -0.25) is 4.99 Å². The van der Waals surface area contributed by atoms with Crippen molar-refractivity contribution in [3.8, 4) is 0 Å². The molecule has 0 saturated heterocycles. The van der Waals surface area contributed by atoms with Gasteiger partial charge in [0.05, 0.1) is 12.4 Å². The highest BCUT2D eigenvalue weighted by Crippen LogP contribution is 2.57. The van der Waals surface area contributed by atoms with Crippen LogP contribution in [0.3, 0.4) is 0 Å². The second-order valence-corrected chi connectivity index (χ2v) is 11.1. The van der Waals surface area contributed by atoms with Gasteiger partial charge in [0.2, 0.25) is 5.62 Å². The fourth-order valence-electron chi connectivity index (χ4n) is 0.928. The highest BCUT2D eigenvalue weighted by Gasteiger charge is 2.19. The Morgan fingerprint density at radius 3 is 2.53 bits per heavy atom. The molecule has 17 heavy (non-hydrogen) atoms. The molecular formula is C11H25N2OPS2. The molecule has 0 saturated carbocycles. The average Bonchev–Trinajstić information content (AvgIpc) is 2.21. The number of nitrogens with one attached hydrogen (secondary N) is 1. The van der Waals surface area contributed by atoms with Crippen molar-refractivity contribution >= 4 is 35.1 Å². The van der Waals surface area contributed by atoms with E-state index >= 15 is 0 Å². The number of hydrogen-bond acceptors (Lipinski definition) is 4. The van der Waals surface area contributed by atoms with E-state index in [2.05, 4.69) is 30.9 Å². The molecular weight excluding hydrogens is 271 g/mol. The predicted molar refractivity (Wildman–Crippen MR) is 84.6 cm³/mol. The maximum Gasteiger partial charge on any atom is 0.211 e. The van der Waals surface area contributed by atoms with E-state index in [0.717, 1.165) is 18.7 Å². The molecule has 0 fully saturated rings. The third-order valence-corrected chi connectivity index (χ3v) is 7.44. The number of aliphatic imine (C=N–C) groups is 1. The van der Waals surface area contributed by atoms with Crippen LogP contribution in [0.2, 0.25) is 0 Å². The summed E-state index contributed by atoms with van der Waals surface area (Å²) in [4.78, 5) is 4.24. The molecule has 0 aromatic carbocycles. The molecule has 0 aliphatic carbocycles. The predicted octanol–water partition coefficient (Wildman–Crippen LogP) is 4.05. The normalized spacial score (nSPS) is 15.7. The summed E-state index contributed by atoms with van der Waals surface area (Å²) in [5.74, 6) is 1.63. The van der Waals surface area contributed by atoms with E-state index in [9.17, 15) is 0 Å². The Bertz CT molecular complexity index is 270. The summed E-state index contributed by atoms with van der Waals surface area (Å²) in [7, 11) is 0. The molecule has 1 unspecified atom stereocenters. The van der Waals surface area contributed by atoms with Gasteiger partial charge < -0.3 is 9.61 Å². The minimum absolute atomic E-state index is 0.146. The Balaban J connectivity index is 4.33. The van der Waals surface area contributed by atoms with Crippen molar-refractivity contribution in [2.75, 3.05) is 12.3 Å². The zero-order chi connectivity index (χ0) is 13.3. The summed E-state index contributed by atoms with van der Waals surface area (Å²) >= 11 is 7.32. The van der Waals surface area contributed by atoms with Gasteiger partial charge in [0.15, 0.2) is 0 Å². The van der Waals surface area contributed by atoms with Gasteiger partial charge in [0.1, 0.15) is 0 Å². The summed E-state index contributed by atoms with van der Waals surface area (Å²) < 4.78 is 5.85.